The van der Waals surface area contributed by atoms with E-state index in [1.54, 1.807) is 0 Å². The Hall–Kier alpha value is -1.47. The van der Waals surface area contributed by atoms with Crippen molar-refractivity contribution in [1.29, 1.82) is 0 Å². The molecule has 70 valence electrons. The molecular weight excluding hydrogens is 176 g/mol. The maximum atomic E-state index is 10.8. The molecule has 0 aliphatic rings. The van der Waals surface area contributed by atoms with E-state index in [1.165, 1.54) is 29.7 Å². The minimum Gasteiger partial charge on any atom is -0.595 e. The number of rotatable bonds is 2. The zero-order chi connectivity index (χ0) is 9.84. The van der Waals surface area contributed by atoms with Crippen LogP contribution in [0.4, 0.5) is 5.69 Å². The molecule has 6 nitrogen and oxygen atoms in total. The van der Waals surface area contributed by atoms with Crippen molar-refractivity contribution in [3.05, 3.63) is 35.0 Å². The third kappa shape index (κ3) is 2.23. The maximum Gasteiger partial charge on any atom is 0.274 e. The van der Waals surface area contributed by atoms with Crippen molar-refractivity contribution in [2.75, 3.05) is 0 Å². The minimum absolute atomic E-state index is 0.0921. The summed E-state index contributed by atoms with van der Waals surface area (Å²) in [7, 11) is 0. The molecule has 0 saturated carbocycles. The van der Waals surface area contributed by atoms with Crippen LogP contribution in [0.2, 0.25) is 0 Å². The number of hydroxylamine groups is 1. The molecule has 6 heteroatoms. The lowest BCUT2D eigenvalue weighted by Gasteiger charge is -2.10. The van der Waals surface area contributed by atoms with Crippen molar-refractivity contribution in [2.45, 2.75) is 0 Å². The first-order valence-corrected chi connectivity index (χ1v) is 3.43. The van der Waals surface area contributed by atoms with Gasteiger partial charge in [-0.15, -0.1) is 0 Å². The topological polar surface area (TPSA) is 97.1 Å². The van der Waals surface area contributed by atoms with Gasteiger partial charge in [0.25, 0.3) is 5.91 Å². The van der Waals surface area contributed by atoms with E-state index in [4.69, 9.17) is 10.4 Å². The number of hydrogen-bond acceptors (Lipinski definition) is 4. The van der Waals surface area contributed by atoms with E-state index >= 15 is 0 Å². The van der Waals surface area contributed by atoms with Gasteiger partial charge in [-0.3, -0.25) is 10.0 Å². The van der Waals surface area contributed by atoms with Crippen LogP contribution in [-0.2, 0) is 0 Å². The van der Waals surface area contributed by atoms with Crippen molar-refractivity contribution in [3.63, 3.8) is 0 Å². The summed E-state index contributed by atoms with van der Waals surface area (Å²) in [6.07, 6.45) is 0. The van der Waals surface area contributed by atoms with Crippen LogP contribution < -0.4 is 10.7 Å². The summed E-state index contributed by atoms with van der Waals surface area (Å²) in [5.74, 6) is -0.670. The number of carbonyl (C=O) groups is 1. The van der Waals surface area contributed by atoms with Gasteiger partial charge in [-0.1, -0.05) is 0 Å². The Morgan fingerprint density at radius 1 is 1.38 bits per heavy atom. The van der Waals surface area contributed by atoms with Crippen LogP contribution in [0, 0.1) is 5.21 Å². The van der Waals surface area contributed by atoms with Crippen LogP contribution in [0.3, 0.4) is 0 Å². The number of benzene rings is 1. The molecule has 1 amide bonds. The van der Waals surface area contributed by atoms with E-state index in [0.29, 0.717) is 0 Å². The second-order valence-electron chi connectivity index (χ2n) is 2.32. The Morgan fingerprint density at radius 2 is 1.92 bits per heavy atom. The van der Waals surface area contributed by atoms with Gasteiger partial charge in [0.1, 0.15) is 0 Å². The molecule has 1 rings (SSSR count). The second-order valence-corrected chi connectivity index (χ2v) is 2.32. The number of nitrogens with one attached hydrogen (secondary N) is 2. The Labute approximate surface area is 73.5 Å². The molecule has 1 aromatic rings. The summed E-state index contributed by atoms with van der Waals surface area (Å²) in [5, 5.41) is 26.1. The van der Waals surface area contributed by atoms with Gasteiger partial charge >= 0.3 is 0 Å². The summed E-state index contributed by atoms with van der Waals surface area (Å²) in [5.41, 5.74) is 1.74. The van der Waals surface area contributed by atoms with E-state index < -0.39 is 11.1 Å². The highest BCUT2D eigenvalue weighted by atomic mass is 16.8. The van der Waals surface area contributed by atoms with E-state index in [0.717, 1.165) is 0 Å². The fraction of sp³-hybridized carbons (Fsp3) is 0. The van der Waals surface area contributed by atoms with Gasteiger partial charge in [-0.05, 0) is 12.1 Å². The van der Waals surface area contributed by atoms with E-state index in [9.17, 15) is 10.0 Å². The number of amides is 1. The van der Waals surface area contributed by atoms with Crippen LogP contribution in [0.1, 0.15) is 10.4 Å². The molecule has 0 aliphatic heterocycles. The van der Waals surface area contributed by atoms with Crippen molar-refractivity contribution in [1.82, 2.24) is 5.48 Å². The summed E-state index contributed by atoms with van der Waals surface area (Å²) in [6, 6.07) is 5.20. The quantitative estimate of drug-likeness (QED) is 0.357. The highest BCUT2D eigenvalue weighted by molar-refractivity contribution is 5.93. The largest absolute Gasteiger partial charge is 0.595 e. The van der Waals surface area contributed by atoms with Crippen LogP contribution in [-0.4, -0.2) is 16.3 Å². The van der Waals surface area contributed by atoms with Crippen LogP contribution in [0.25, 0.3) is 0 Å². The van der Waals surface area contributed by atoms with Gasteiger partial charge in [-0.2, -0.15) is 5.23 Å². The molecule has 1 aromatic carbocycles. The summed E-state index contributed by atoms with van der Waals surface area (Å²) >= 11 is 0. The standard InChI is InChI=1S/C7H8N2O4/c10-7(8-11)5-1-3-6(4-2-5)9(12)13/h1-4,9,11-12H,(H,8,10). The summed E-state index contributed by atoms with van der Waals surface area (Å²) < 4.78 is 0. The van der Waals surface area contributed by atoms with E-state index in [-0.39, 0.29) is 11.3 Å². The zero-order valence-corrected chi connectivity index (χ0v) is 6.52. The molecular formula is C7H8N2O4. The molecule has 0 fully saturated rings. The first-order valence-electron chi connectivity index (χ1n) is 3.43. The molecule has 13 heavy (non-hydrogen) atoms. The molecule has 1 unspecified atom stereocenters. The third-order valence-corrected chi connectivity index (χ3v) is 1.50. The van der Waals surface area contributed by atoms with Gasteiger partial charge in [0.2, 0.25) is 0 Å². The zero-order valence-electron chi connectivity index (χ0n) is 6.52. The average molecular weight is 184 g/mol. The maximum absolute atomic E-state index is 10.8. The SMILES string of the molecule is O=C(NO)c1ccc([NH+]([O-])O)cc1. The molecule has 4 N–H and O–H groups in total. The summed E-state index contributed by atoms with van der Waals surface area (Å²) in [6.45, 7) is 0. The van der Waals surface area contributed by atoms with Crippen molar-refractivity contribution < 1.29 is 20.4 Å². The van der Waals surface area contributed by atoms with Crippen molar-refractivity contribution in [3.8, 4) is 0 Å². The monoisotopic (exact) mass is 184 g/mol. The number of carbonyl (C=O) groups excluding carboxylic acids is 1. The Kier molecular flexibility index (Phi) is 2.93. The molecule has 0 aliphatic carbocycles. The first kappa shape index (κ1) is 9.62. The highest BCUT2D eigenvalue weighted by Gasteiger charge is 2.05. The fourth-order valence-corrected chi connectivity index (χ4v) is 0.829. The normalized spacial score (nSPS) is 12.2. The molecule has 0 spiro atoms. The molecule has 0 saturated heterocycles. The molecule has 0 bridgehead atoms. The van der Waals surface area contributed by atoms with Gasteiger partial charge in [0.05, 0.1) is 0 Å². The molecule has 0 heterocycles. The van der Waals surface area contributed by atoms with E-state index in [2.05, 4.69) is 0 Å². The van der Waals surface area contributed by atoms with E-state index in [1.807, 2.05) is 0 Å². The Balaban J connectivity index is 2.87. The average Bonchev–Trinajstić information content (AvgIpc) is 2.17. The smallest absolute Gasteiger partial charge is 0.274 e. The van der Waals surface area contributed by atoms with Crippen molar-refractivity contribution in [2.24, 2.45) is 0 Å². The van der Waals surface area contributed by atoms with Gasteiger partial charge < -0.3 is 5.21 Å². The molecule has 0 aromatic heterocycles. The third-order valence-electron chi connectivity index (χ3n) is 1.50. The van der Waals surface area contributed by atoms with Crippen LogP contribution in [0.5, 0.6) is 0 Å². The first-order chi connectivity index (χ1) is 6.15. The predicted octanol–water partition coefficient (Wildman–Crippen LogP) is -0.791. The second kappa shape index (κ2) is 3.97. The fourth-order valence-electron chi connectivity index (χ4n) is 0.829. The molecule has 1 atom stereocenters. The highest BCUT2D eigenvalue weighted by Crippen LogP contribution is 2.04. The predicted molar refractivity (Wildman–Crippen MR) is 41.5 cm³/mol. The van der Waals surface area contributed by atoms with Gasteiger partial charge in [0.15, 0.2) is 5.69 Å². The number of quaternary nitrogens is 1. The van der Waals surface area contributed by atoms with Gasteiger partial charge in [0, 0.05) is 17.7 Å². The lowest BCUT2D eigenvalue weighted by molar-refractivity contribution is -0.991. The summed E-state index contributed by atoms with van der Waals surface area (Å²) in [4.78, 5) is 10.8. The Morgan fingerprint density at radius 3 is 2.31 bits per heavy atom. The van der Waals surface area contributed by atoms with Gasteiger partial charge in [-0.25, -0.2) is 10.7 Å². The van der Waals surface area contributed by atoms with Crippen LogP contribution in [0.15, 0.2) is 24.3 Å². The lowest BCUT2D eigenvalue weighted by atomic mass is 10.2. The van der Waals surface area contributed by atoms with Crippen molar-refractivity contribution >= 4 is 11.6 Å². The number of hydrogen-bond donors (Lipinski definition) is 4. The minimum atomic E-state index is -1.06. The molecule has 0 radical (unpaired) electrons. The lowest BCUT2D eigenvalue weighted by Crippen LogP contribution is -2.99. The van der Waals surface area contributed by atoms with Crippen LogP contribution >= 0.6 is 0 Å². The Bertz CT molecular complexity index is 296.